The second-order valence-electron chi connectivity index (χ2n) is 5.61. The molecule has 0 atom stereocenters. The van der Waals surface area contributed by atoms with Crippen molar-refractivity contribution in [1.29, 1.82) is 0 Å². The van der Waals surface area contributed by atoms with Gasteiger partial charge in [-0.05, 0) is 25.7 Å². The number of amides is 1. The van der Waals surface area contributed by atoms with Crippen LogP contribution in [-0.4, -0.2) is 48.5 Å². The monoisotopic (exact) mass is 267 g/mol. The molecule has 0 aromatic rings. The largest absolute Gasteiger partial charge is 0.370 e. The number of primary amides is 1. The first kappa shape index (κ1) is 14.1. The van der Waals surface area contributed by atoms with Gasteiger partial charge in [0.25, 0.3) is 0 Å². The Morgan fingerprint density at radius 3 is 2.37 bits per heavy atom. The molecule has 6 heteroatoms. The molecule has 1 aliphatic heterocycles. The molecule has 6 nitrogen and oxygen atoms in total. The molecule has 2 rings (SSSR count). The van der Waals surface area contributed by atoms with Crippen molar-refractivity contribution in [3.05, 3.63) is 0 Å². The number of likely N-dealkylation sites (tertiary alicyclic amines) is 1. The van der Waals surface area contributed by atoms with Gasteiger partial charge in [0, 0.05) is 19.1 Å². The number of aliphatic imine (C=N–C) groups is 1. The molecule has 0 spiro atoms. The summed E-state index contributed by atoms with van der Waals surface area (Å²) in [5.41, 5.74) is 11.1. The van der Waals surface area contributed by atoms with E-state index >= 15 is 0 Å². The molecule has 0 bridgehead atoms. The van der Waals surface area contributed by atoms with Gasteiger partial charge in [-0.3, -0.25) is 14.7 Å². The molecule has 1 heterocycles. The minimum absolute atomic E-state index is 0.260. The molecule has 2 fully saturated rings. The number of rotatable bonds is 4. The third-order valence-corrected chi connectivity index (χ3v) is 3.97. The lowest BCUT2D eigenvalue weighted by Gasteiger charge is -2.29. The highest BCUT2D eigenvalue weighted by Gasteiger charge is 2.20. The zero-order chi connectivity index (χ0) is 13.7. The zero-order valence-corrected chi connectivity index (χ0v) is 11.5. The minimum Gasteiger partial charge on any atom is -0.370 e. The van der Waals surface area contributed by atoms with Gasteiger partial charge in [-0.15, -0.1) is 0 Å². The fourth-order valence-corrected chi connectivity index (χ4v) is 2.94. The molecule has 1 amide bonds. The Balaban J connectivity index is 1.72. The van der Waals surface area contributed by atoms with E-state index in [1.54, 1.807) is 0 Å². The predicted molar refractivity (Wildman–Crippen MR) is 75.7 cm³/mol. The summed E-state index contributed by atoms with van der Waals surface area (Å²) in [5, 5.41) is 3.31. The van der Waals surface area contributed by atoms with Crippen molar-refractivity contribution in [3.63, 3.8) is 0 Å². The molecule has 19 heavy (non-hydrogen) atoms. The van der Waals surface area contributed by atoms with E-state index in [0.717, 1.165) is 25.9 Å². The van der Waals surface area contributed by atoms with Crippen LogP contribution >= 0.6 is 0 Å². The third kappa shape index (κ3) is 4.70. The number of piperidine rings is 1. The van der Waals surface area contributed by atoms with Crippen LogP contribution in [0.4, 0.5) is 0 Å². The van der Waals surface area contributed by atoms with Crippen LogP contribution < -0.4 is 16.8 Å². The van der Waals surface area contributed by atoms with Gasteiger partial charge in [0.1, 0.15) is 0 Å². The molecular weight excluding hydrogens is 242 g/mol. The highest BCUT2D eigenvalue weighted by atomic mass is 16.1. The van der Waals surface area contributed by atoms with E-state index < -0.39 is 0 Å². The average Bonchev–Trinajstić information content (AvgIpc) is 2.83. The molecule has 0 unspecified atom stereocenters. The number of guanidine groups is 1. The Morgan fingerprint density at radius 1 is 1.16 bits per heavy atom. The van der Waals surface area contributed by atoms with Gasteiger partial charge in [-0.25, -0.2) is 0 Å². The summed E-state index contributed by atoms with van der Waals surface area (Å²) in [7, 11) is 0. The second-order valence-corrected chi connectivity index (χ2v) is 5.61. The van der Waals surface area contributed by atoms with Gasteiger partial charge >= 0.3 is 0 Å². The molecule has 0 radical (unpaired) electrons. The van der Waals surface area contributed by atoms with Crippen LogP contribution in [0.25, 0.3) is 0 Å². The molecule has 5 N–H and O–H groups in total. The van der Waals surface area contributed by atoms with E-state index in [1.807, 2.05) is 0 Å². The number of hydrogen-bond acceptors (Lipinski definition) is 3. The van der Waals surface area contributed by atoms with Crippen LogP contribution in [-0.2, 0) is 4.79 Å². The summed E-state index contributed by atoms with van der Waals surface area (Å²) in [4.78, 5) is 17.5. The van der Waals surface area contributed by atoms with E-state index in [1.165, 1.54) is 25.7 Å². The molecule has 1 aliphatic carbocycles. The third-order valence-electron chi connectivity index (χ3n) is 3.97. The highest BCUT2D eigenvalue weighted by Crippen LogP contribution is 2.18. The van der Waals surface area contributed by atoms with Crippen LogP contribution in [0.5, 0.6) is 0 Å². The van der Waals surface area contributed by atoms with Gasteiger partial charge in [0.05, 0.1) is 12.6 Å². The Hall–Kier alpha value is -1.30. The Labute approximate surface area is 114 Å². The maximum Gasteiger partial charge on any atom is 0.231 e. The first-order chi connectivity index (χ1) is 9.13. The van der Waals surface area contributed by atoms with E-state index in [-0.39, 0.29) is 11.9 Å². The number of carbonyl (C=O) groups is 1. The number of nitrogens with two attached hydrogens (primary N) is 2. The van der Waals surface area contributed by atoms with E-state index in [0.29, 0.717) is 18.5 Å². The maximum atomic E-state index is 10.8. The van der Waals surface area contributed by atoms with E-state index in [9.17, 15) is 4.79 Å². The molecule has 1 saturated carbocycles. The van der Waals surface area contributed by atoms with Crippen molar-refractivity contribution in [2.75, 3.05) is 19.6 Å². The van der Waals surface area contributed by atoms with Crippen molar-refractivity contribution < 1.29 is 4.79 Å². The second kappa shape index (κ2) is 6.75. The molecule has 2 aliphatic rings. The average molecular weight is 267 g/mol. The van der Waals surface area contributed by atoms with Crippen molar-refractivity contribution in [2.45, 2.75) is 50.6 Å². The predicted octanol–water partition coefficient (Wildman–Crippen LogP) is -0.217. The van der Waals surface area contributed by atoms with Crippen molar-refractivity contribution in [3.8, 4) is 0 Å². The summed E-state index contributed by atoms with van der Waals surface area (Å²) in [6.45, 7) is 2.09. The first-order valence-electron chi connectivity index (χ1n) is 7.24. The Kier molecular flexibility index (Phi) is 5.01. The number of hydrogen-bond donors (Lipinski definition) is 3. The smallest absolute Gasteiger partial charge is 0.231 e. The lowest BCUT2D eigenvalue weighted by molar-refractivity contribution is -0.119. The number of carbonyl (C=O) groups excluding carboxylic acids is 1. The van der Waals surface area contributed by atoms with Crippen molar-refractivity contribution in [2.24, 2.45) is 16.5 Å². The topological polar surface area (TPSA) is 96.7 Å². The first-order valence-corrected chi connectivity index (χ1v) is 7.24. The lowest BCUT2D eigenvalue weighted by Crippen LogP contribution is -2.43. The van der Waals surface area contributed by atoms with E-state index in [4.69, 9.17) is 11.5 Å². The van der Waals surface area contributed by atoms with Crippen LogP contribution in [0.15, 0.2) is 4.99 Å². The van der Waals surface area contributed by atoms with Crippen LogP contribution in [0, 0.1) is 0 Å². The summed E-state index contributed by atoms with van der Waals surface area (Å²) < 4.78 is 0. The minimum atomic E-state index is -0.260. The van der Waals surface area contributed by atoms with E-state index in [2.05, 4.69) is 15.2 Å². The summed E-state index contributed by atoms with van der Waals surface area (Å²) >= 11 is 0. The fraction of sp³-hybridized carbons (Fsp3) is 0.846. The zero-order valence-electron chi connectivity index (χ0n) is 11.5. The summed E-state index contributed by atoms with van der Waals surface area (Å²) in [5.74, 6) is 0.324. The van der Waals surface area contributed by atoms with Crippen molar-refractivity contribution >= 4 is 11.9 Å². The Bertz CT molecular complexity index is 330. The number of nitrogens with zero attached hydrogens (tertiary/aromatic N) is 2. The highest BCUT2D eigenvalue weighted by molar-refractivity contribution is 5.78. The molecule has 0 aromatic heterocycles. The normalized spacial score (nSPS) is 23.7. The van der Waals surface area contributed by atoms with Gasteiger partial charge in [0.2, 0.25) is 5.91 Å². The maximum absolute atomic E-state index is 10.8. The molecule has 0 aromatic carbocycles. The van der Waals surface area contributed by atoms with Crippen LogP contribution in [0.2, 0.25) is 0 Å². The van der Waals surface area contributed by atoms with Gasteiger partial charge in [-0.2, -0.15) is 0 Å². The molecule has 108 valence electrons. The SMILES string of the molecule is NC(=O)CN1CCC(N=C(N)NC2CCCC2)CC1. The summed E-state index contributed by atoms with van der Waals surface area (Å²) in [6, 6.07) is 0.789. The van der Waals surface area contributed by atoms with Crippen molar-refractivity contribution in [1.82, 2.24) is 10.2 Å². The quantitative estimate of drug-likeness (QED) is 0.485. The Morgan fingerprint density at radius 2 is 1.79 bits per heavy atom. The van der Waals surface area contributed by atoms with Crippen LogP contribution in [0.3, 0.4) is 0 Å². The standard InChI is InChI=1S/C13H25N5O/c14-12(19)9-18-7-5-11(6-8-18)17-13(15)16-10-3-1-2-4-10/h10-11H,1-9H2,(H2,14,19)(H3,15,16,17). The van der Waals surface area contributed by atoms with Crippen LogP contribution in [0.1, 0.15) is 38.5 Å². The van der Waals surface area contributed by atoms with Gasteiger partial charge in [-0.1, -0.05) is 12.8 Å². The fourth-order valence-electron chi connectivity index (χ4n) is 2.94. The van der Waals surface area contributed by atoms with Gasteiger partial charge < -0.3 is 16.8 Å². The molecular formula is C13H25N5O. The van der Waals surface area contributed by atoms with Gasteiger partial charge in [0.15, 0.2) is 5.96 Å². The summed E-state index contributed by atoms with van der Waals surface area (Å²) in [6.07, 6.45) is 6.87. The lowest BCUT2D eigenvalue weighted by atomic mass is 10.1. The number of nitrogens with one attached hydrogen (secondary N) is 1. The molecule has 1 saturated heterocycles.